The minimum Gasteiger partial charge on any atom is -0.481 e. The maximum Gasteiger partial charge on any atom is 0.310 e. The zero-order valence-corrected chi connectivity index (χ0v) is 7.78. The van der Waals surface area contributed by atoms with Crippen molar-refractivity contribution in [2.75, 3.05) is 11.5 Å². The standard InChI is InChI=1S/C8H14O2S/c1-6(2)8(7(9)10)3-4-11-5-8/h6H,3-5H2,1-2H3,(H,9,10). The molecule has 1 atom stereocenters. The first-order chi connectivity index (χ1) is 5.09. The van der Waals surface area contributed by atoms with Gasteiger partial charge in [-0.25, -0.2) is 0 Å². The molecule has 1 rings (SSSR count). The molecule has 2 nitrogen and oxygen atoms in total. The van der Waals surface area contributed by atoms with Crippen molar-refractivity contribution in [1.29, 1.82) is 0 Å². The van der Waals surface area contributed by atoms with Crippen LogP contribution in [0.4, 0.5) is 0 Å². The molecule has 1 aliphatic rings. The number of thioether (sulfide) groups is 1. The normalized spacial score (nSPS) is 31.2. The van der Waals surface area contributed by atoms with Gasteiger partial charge in [-0.05, 0) is 18.1 Å². The van der Waals surface area contributed by atoms with Crippen LogP contribution in [0.25, 0.3) is 0 Å². The fourth-order valence-electron chi connectivity index (χ4n) is 1.45. The van der Waals surface area contributed by atoms with Crippen LogP contribution in [-0.4, -0.2) is 22.6 Å². The molecule has 1 heterocycles. The van der Waals surface area contributed by atoms with Crippen molar-refractivity contribution in [3.63, 3.8) is 0 Å². The third-order valence-corrected chi connectivity index (χ3v) is 3.80. The number of carbonyl (C=O) groups is 1. The average molecular weight is 174 g/mol. The van der Waals surface area contributed by atoms with Crippen molar-refractivity contribution in [2.45, 2.75) is 20.3 Å². The summed E-state index contributed by atoms with van der Waals surface area (Å²) in [6.07, 6.45) is 0.838. The van der Waals surface area contributed by atoms with Crippen LogP contribution in [0.1, 0.15) is 20.3 Å². The highest BCUT2D eigenvalue weighted by Gasteiger charge is 2.44. The van der Waals surface area contributed by atoms with Gasteiger partial charge >= 0.3 is 5.97 Å². The Hall–Kier alpha value is -0.180. The van der Waals surface area contributed by atoms with Crippen molar-refractivity contribution >= 4 is 17.7 Å². The summed E-state index contributed by atoms with van der Waals surface area (Å²) in [7, 11) is 0. The quantitative estimate of drug-likeness (QED) is 0.694. The molecule has 0 bridgehead atoms. The summed E-state index contributed by atoms with van der Waals surface area (Å²) in [5.74, 6) is 1.44. The highest BCUT2D eigenvalue weighted by molar-refractivity contribution is 7.99. The number of hydrogen-bond donors (Lipinski definition) is 1. The number of rotatable bonds is 2. The van der Waals surface area contributed by atoms with E-state index >= 15 is 0 Å². The van der Waals surface area contributed by atoms with Crippen molar-refractivity contribution in [1.82, 2.24) is 0 Å². The van der Waals surface area contributed by atoms with Crippen LogP contribution < -0.4 is 0 Å². The van der Waals surface area contributed by atoms with Crippen LogP contribution in [0.5, 0.6) is 0 Å². The van der Waals surface area contributed by atoms with Crippen molar-refractivity contribution in [3.05, 3.63) is 0 Å². The molecule has 0 aromatic carbocycles. The maximum atomic E-state index is 11.0. The van der Waals surface area contributed by atoms with E-state index in [2.05, 4.69) is 0 Å². The number of aliphatic carboxylic acids is 1. The van der Waals surface area contributed by atoms with Gasteiger partial charge in [0.15, 0.2) is 0 Å². The summed E-state index contributed by atoms with van der Waals surface area (Å²) in [5, 5.41) is 9.02. The van der Waals surface area contributed by atoms with Gasteiger partial charge in [0, 0.05) is 5.75 Å². The first-order valence-electron chi connectivity index (χ1n) is 3.91. The Kier molecular flexibility index (Phi) is 2.47. The summed E-state index contributed by atoms with van der Waals surface area (Å²) in [6.45, 7) is 4.00. The van der Waals surface area contributed by atoms with Gasteiger partial charge < -0.3 is 5.11 Å². The molecule has 64 valence electrons. The third-order valence-electron chi connectivity index (χ3n) is 2.58. The Morgan fingerprint density at radius 2 is 2.27 bits per heavy atom. The van der Waals surface area contributed by atoms with Crippen LogP contribution in [0.3, 0.4) is 0 Å². The fourth-order valence-corrected chi connectivity index (χ4v) is 3.07. The predicted molar refractivity (Wildman–Crippen MR) is 46.8 cm³/mol. The van der Waals surface area contributed by atoms with Crippen LogP contribution in [0, 0.1) is 11.3 Å². The summed E-state index contributed by atoms with van der Waals surface area (Å²) in [6, 6.07) is 0. The third kappa shape index (κ3) is 1.39. The first kappa shape index (κ1) is 8.91. The number of carboxylic acids is 1. The molecule has 0 amide bonds. The SMILES string of the molecule is CC(C)C1(C(=O)O)CCSC1. The Morgan fingerprint density at radius 3 is 2.45 bits per heavy atom. The van der Waals surface area contributed by atoms with Gasteiger partial charge in [0.25, 0.3) is 0 Å². The van der Waals surface area contributed by atoms with Gasteiger partial charge in [-0.15, -0.1) is 0 Å². The zero-order chi connectivity index (χ0) is 8.48. The summed E-state index contributed by atoms with van der Waals surface area (Å²) < 4.78 is 0. The predicted octanol–water partition coefficient (Wildman–Crippen LogP) is 1.85. The topological polar surface area (TPSA) is 37.3 Å². The average Bonchev–Trinajstić information content (AvgIpc) is 2.34. The first-order valence-corrected chi connectivity index (χ1v) is 5.06. The molecule has 1 unspecified atom stereocenters. The van der Waals surface area contributed by atoms with Gasteiger partial charge in [0.1, 0.15) is 0 Å². The van der Waals surface area contributed by atoms with Crippen LogP contribution in [0.2, 0.25) is 0 Å². The van der Waals surface area contributed by atoms with Gasteiger partial charge in [0.05, 0.1) is 5.41 Å². The molecular weight excluding hydrogens is 160 g/mol. The second-order valence-corrected chi connectivity index (χ2v) is 4.52. The summed E-state index contributed by atoms with van der Waals surface area (Å²) >= 11 is 1.76. The molecule has 0 aromatic rings. The van der Waals surface area contributed by atoms with E-state index in [1.807, 2.05) is 13.8 Å². The lowest BCUT2D eigenvalue weighted by Crippen LogP contribution is -2.36. The largest absolute Gasteiger partial charge is 0.481 e. The zero-order valence-electron chi connectivity index (χ0n) is 6.96. The smallest absolute Gasteiger partial charge is 0.310 e. The minimum atomic E-state index is -0.613. The van der Waals surface area contributed by atoms with E-state index in [-0.39, 0.29) is 5.92 Å². The second-order valence-electron chi connectivity index (χ2n) is 3.42. The molecule has 1 aliphatic heterocycles. The molecule has 3 heteroatoms. The maximum absolute atomic E-state index is 11.0. The Labute approximate surface area is 71.4 Å². The van der Waals surface area contributed by atoms with E-state index in [9.17, 15) is 4.79 Å². The van der Waals surface area contributed by atoms with E-state index in [1.165, 1.54) is 0 Å². The van der Waals surface area contributed by atoms with Crippen molar-refractivity contribution < 1.29 is 9.90 Å². The monoisotopic (exact) mass is 174 g/mol. The highest BCUT2D eigenvalue weighted by Crippen LogP contribution is 2.42. The van der Waals surface area contributed by atoms with Crippen LogP contribution >= 0.6 is 11.8 Å². The summed E-state index contributed by atoms with van der Waals surface area (Å²) in [5.41, 5.74) is -0.426. The van der Waals surface area contributed by atoms with Gasteiger partial charge in [-0.2, -0.15) is 11.8 Å². The number of hydrogen-bond acceptors (Lipinski definition) is 2. The lowest BCUT2D eigenvalue weighted by Gasteiger charge is -2.27. The van der Waals surface area contributed by atoms with Crippen LogP contribution in [0.15, 0.2) is 0 Å². The van der Waals surface area contributed by atoms with Crippen LogP contribution in [-0.2, 0) is 4.79 Å². The molecule has 0 radical (unpaired) electrons. The van der Waals surface area contributed by atoms with E-state index in [0.29, 0.717) is 0 Å². The lowest BCUT2D eigenvalue weighted by atomic mass is 9.77. The Bertz CT molecular complexity index is 159. The molecule has 11 heavy (non-hydrogen) atoms. The molecule has 0 saturated carbocycles. The molecule has 0 spiro atoms. The van der Waals surface area contributed by atoms with E-state index in [0.717, 1.165) is 17.9 Å². The van der Waals surface area contributed by atoms with Gasteiger partial charge in [0.2, 0.25) is 0 Å². The summed E-state index contributed by atoms with van der Waals surface area (Å²) in [4.78, 5) is 11.0. The van der Waals surface area contributed by atoms with Gasteiger partial charge in [-0.1, -0.05) is 13.8 Å². The fraction of sp³-hybridized carbons (Fsp3) is 0.875. The highest BCUT2D eigenvalue weighted by atomic mass is 32.2. The van der Waals surface area contributed by atoms with Gasteiger partial charge in [-0.3, -0.25) is 4.79 Å². The Balaban J connectivity index is 2.79. The molecule has 1 fully saturated rings. The number of carboxylic acid groups (broad SMARTS) is 1. The Morgan fingerprint density at radius 1 is 1.64 bits per heavy atom. The molecule has 1 N–H and O–H groups in total. The second kappa shape index (κ2) is 3.05. The van der Waals surface area contributed by atoms with Crippen molar-refractivity contribution in [2.24, 2.45) is 11.3 Å². The molecular formula is C8H14O2S. The molecule has 0 aromatic heterocycles. The lowest BCUT2D eigenvalue weighted by molar-refractivity contribution is -0.149. The van der Waals surface area contributed by atoms with E-state index in [1.54, 1.807) is 11.8 Å². The minimum absolute atomic E-state index is 0.259. The van der Waals surface area contributed by atoms with E-state index < -0.39 is 11.4 Å². The van der Waals surface area contributed by atoms with E-state index in [4.69, 9.17) is 5.11 Å². The molecule has 1 saturated heterocycles. The van der Waals surface area contributed by atoms with Crippen molar-refractivity contribution in [3.8, 4) is 0 Å². The molecule has 0 aliphatic carbocycles.